The van der Waals surface area contributed by atoms with Crippen molar-refractivity contribution in [3.8, 4) is 11.6 Å². The van der Waals surface area contributed by atoms with Crippen LogP contribution >= 0.6 is 11.8 Å². The van der Waals surface area contributed by atoms with Gasteiger partial charge in [0.15, 0.2) is 0 Å². The zero-order valence-corrected chi connectivity index (χ0v) is 8.65. The minimum absolute atomic E-state index is 0.384. The van der Waals surface area contributed by atoms with Crippen molar-refractivity contribution in [2.45, 2.75) is 5.22 Å². The van der Waals surface area contributed by atoms with Crippen LogP contribution in [-0.2, 0) is 0 Å². The Morgan fingerprint density at radius 1 is 1.40 bits per heavy atom. The Bertz CT molecular complexity index is 442. The first kappa shape index (κ1) is 9.85. The fourth-order valence-electron chi connectivity index (χ4n) is 0.911. The Balaban J connectivity index is 2.17. The van der Waals surface area contributed by atoms with Crippen LogP contribution in [0.1, 0.15) is 0 Å². The van der Waals surface area contributed by atoms with Crippen molar-refractivity contribution in [3.63, 3.8) is 0 Å². The van der Waals surface area contributed by atoms with Gasteiger partial charge in [0.1, 0.15) is 5.69 Å². The lowest BCUT2D eigenvalue weighted by molar-refractivity contribution is 0.464. The molecule has 2 rings (SSSR count). The molecule has 2 aromatic rings. The van der Waals surface area contributed by atoms with E-state index in [1.165, 1.54) is 11.8 Å². The molecule has 0 aliphatic rings. The molecule has 0 bridgehead atoms. The second kappa shape index (κ2) is 4.70. The van der Waals surface area contributed by atoms with Gasteiger partial charge in [-0.3, -0.25) is 4.98 Å². The lowest BCUT2D eigenvalue weighted by Crippen LogP contribution is -1.83. The first-order chi connectivity index (χ1) is 7.40. The van der Waals surface area contributed by atoms with Crippen molar-refractivity contribution >= 4 is 11.8 Å². The fourth-order valence-corrected chi connectivity index (χ4v) is 1.41. The van der Waals surface area contributed by atoms with Crippen molar-refractivity contribution in [1.82, 2.24) is 20.2 Å². The molecule has 0 saturated heterocycles. The fraction of sp³-hybridized carbons (Fsp3) is 0.111. The molecule has 0 atom stereocenters. The van der Waals surface area contributed by atoms with Gasteiger partial charge in [0.05, 0.1) is 6.20 Å². The summed E-state index contributed by atoms with van der Waals surface area (Å²) in [4.78, 5) is 7.97. The SMILES string of the molecule is C=CCSc1nnc(-c2cnccn2)o1. The van der Waals surface area contributed by atoms with E-state index in [0.29, 0.717) is 16.8 Å². The predicted octanol–water partition coefficient (Wildman–Crippen LogP) is 1.80. The van der Waals surface area contributed by atoms with Gasteiger partial charge in [-0.05, 0) is 0 Å². The van der Waals surface area contributed by atoms with Gasteiger partial charge in [-0.1, -0.05) is 17.8 Å². The summed E-state index contributed by atoms with van der Waals surface area (Å²) in [6, 6.07) is 0. The molecule has 0 aliphatic heterocycles. The third-order valence-electron chi connectivity index (χ3n) is 1.51. The summed E-state index contributed by atoms with van der Waals surface area (Å²) in [5.74, 6) is 1.12. The van der Waals surface area contributed by atoms with Gasteiger partial charge in [-0.2, -0.15) is 0 Å². The zero-order chi connectivity index (χ0) is 10.5. The highest BCUT2D eigenvalue weighted by Gasteiger charge is 2.08. The Labute approximate surface area is 90.7 Å². The lowest BCUT2D eigenvalue weighted by atomic mass is 10.4. The maximum Gasteiger partial charge on any atom is 0.277 e. The molecule has 0 spiro atoms. The van der Waals surface area contributed by atoms with Crippen molar-refractivity contribution in [2.75, 3.05) is 5.75 Å². The van der Waals surface area contributed by atoms with Gasteiger partial charge in [0, 0.05) is 18.1 Å². The van der Waals surface area contributed by atoms with Crippen molar-refractivity contribution < 1.29 is 4.42 Å². The highest BCUT2D eigenvalue weighted by atomic mass is 32.2. The number of nitrogens with zero attached hydrogens (tertiary/aromatic N) is 4. The van der Waals surface area contributed by atoms with Crippen LogP contribution in [0.4, 0.5) is 0 Å². The summed E-state index contributed by atoms with van der Waals surface area (Å²) < 4.78 is 5.36. The third kappa shape index (κ3) is 2.41. The predicted molar refractivity (Wildman–Crippen MR) is 56.2 cm³/mol. The molecule has 0 unspecified atom stereocenters. The average molecular weight is 220 g/mol. The van der Waals surface area contributed by atoms with E-state index < -0.39 is 0 Å². The summed E-state index contributed by atoms with van der Waals surface area (Å²) in [6.45, 7) is 3.61. The van der Waals surface area contributed by atoms with E-state index in [1.54, 1.807) is 24.7 Å². The van der Waals surface area contributed by atoms with Crippen molar-refractivity contribution in [1.29, 1.82) is 0 Å². The van der Waals surface area contributed by atoms with E-state index in [4.69, 9.17) is 4.42 Å². The van der Waals surface area contributed by atoms with Crippen LogP contribution in [0.5, 0.6) is 0 Å². The van der Waals surface area contributed by atoms with Crippen LogP contribution in [-0.4, -0.2) is 25.9 Å². The topological polar surface area (TPSA) is 64.7 Å². The molecule has 6 heteroatoms. The van der Waals surface area contributed by atoms with E-state index in [1.807, 2.05) is 0 Å². The quantitative estimate of drug-likeness (QED) is 0.578. The standard InChI is InChI=1S/C9H8N4OS/c1-2-5-15-9-13-12-8(14-9)7-6-10-3-4-11-7/h2-4,6H,1,5H2. The monoisotopic (exact) mass is 220 g/mol. The first-order valence-corrected chi connectivity index (χ1v) is 5.22. The normalized spacial score (nSPS) is 10.1. The van der Waals surface area contributed by atoms with Gasteiger partial charge in [0.25, 0.3) is 11.1 Å². The first-order valence-electron chi connectivity index (χ1n) is 4.23. The average Bonchev–Trinajstić information content (AvgIpc) is 2.76. The van der Waals surface area contributed by atoms with Gasteiger partial charge >= 0.3 is 0 Å². The number of hydrogen-bond donors (Lipinski definition) is 0. The molecule has 0 radical (unpaired) electrons. The molecule has 0 aromatic carbocycles. The molecule has 76 valence electrons. The Morgan fingerprint density at radius 2 is 2.33 bits per heavy atom. The lowest BCUT2D eigenvalue weighted by Gasteiger charge is -1.90. The Morgan fingerprint density at radius 3 is 3.07 bits per heavy atom. The van der Waals surface area contributed by atoms with E-state index in [0.717, 1.165) is 5.75 Å². The van der Waals surface area contributed by atoms with Crippen molar-refractivity contribution in [2.24, 2.45) is 0 Å². The Hall–Kier alpha value is -1.69. The molecule has 5 nitrogen and oxygen atoms in total. The number of thioether (sulfide) groups is 1. The third-order valence-corrected chi connectivity index (χ3v) is 2.33. The second-order valence-electron chi connectivity index (χ2n) is 2.56. The largest absolute Gasteiger partial charge is 0.410 e. The molecule has 2 heterocycles. The van der Waals surface area contributed by atoms with E-state index >= 15 is 0 Å². The highest BCUT2D eigenvalue weighted by molar-refractivity contribution is 7.99. The summed E-state index contributed by atoms with van der Waals surface area (Å²) >= 11 is 1.43. The molecule has 0 aliphatic carbocycles. The van der Waals surface area contributed by atoms with Crippen LogP contribution in [0.15, 0.2) is 40.9 Å². The number of rotatable bonds is 4. The van der Waals surface area contributed by atoms with Crippen LogP contribution in [0.2, 0.25) is 0 Å². The minimum Gasteiger partial charge on any atom is -0.410 e. The van der Waals surface area contributed by atoms with Crippen LogP contribution in [0.25, 0.3) is 11.6 Å². The molecule has 2 aromatic heterocycles. The van der Waals surface area contributed by atoms with Crippen LogP contribution < -0.4 is 0 Å². The number of aromatic nitrogens is 4. The second-order valence-corrected chi connectivity index (χ2v) is 3.53. The molecular weight excluding hydrogens is 212 g/mol. The van der Waals surface area contributed by atoms with Crippen molar-refractivity contribution in [3.05, 3.63) is 31.2 Å². The molecule has 0 fully saturated rings. The number of hydrogen-bond acceptors (Lipinski definition) is 6. The summed E-state index contributed by atoms with van der Waals surface area (Å²) in [5.41, 5.74) is 0.579. The highest BCUT2D eigenvalue weighted by Crippen LogP contribution is 2.20. The smallest absolute Gasteiger partial charge is 0.277 e. The molecule has 15 heavy (non-hydrogen) atoms. The van der Waals surface area contributed by atoms with E-state index in [2.05, 4.69) is 26.7 Å². The molecular formula is C9H8N4OS. The Kier molecular flexibility index (Phi) is 3.08. The van der Waals surface area contributed by atoms with E-state index in [-0.39, 0.29) is 0 Å². The maximum atomic E-state index is 5.36. The van der Waals surface area contributed by atoms with Gasteiger partial charge in [0.2, 0.25) is 0 Å². The molecule has 0 amide bonds. The van der Waals surface area contributed by atoms with Gasteiger partial charge < -0.3 is 4.42 Å². The zero-order valence-electron chi connectivity index (χ0n) is 7.83. The van der Waals surface area contributed by atoms with Crippen LogP contribution in [0.3, 0.4) is 0 Å². The van der Waals surface area contributed by atoms with E-state index in [9.17, 15) is 0 Å². The maximum absolute atomic E-state index is 5.36. The molecule has 0 saturated carbocycles. The summed E-state index contributed by atoms with van der Waals surface area (Å²) in [7, 11) is 0. The van der Waals surface area contributed by atoms with Gasteiger partial charge in [-0.25, -0.2) is 4.98 Å². The summed E-state index contributed by atoms with van der Waals surface area (Å²) in [6.07, 6.45) is 6.52. The summed E-state index contributed by atoms with van der Waals surface area (Å²) in [5, 5.41) is 8.24. The molecule has 0 N–H and O–H groups in total. The van der Waals surface area contributed by atoms with Gasteiger partial charge in [-0.15, -0.1) is 16.8 Å². The van der Waals surface area contributed by atoms with Crippen LogP contribution in [0, 0.1) is 0 Å². The minimum atomic E-state index is 0.384.